The number of nitrogens with two attached hydrogens (primary N) is 1. The zero-order valence-corrected chi connectivity index (χ0v) is 11.3. The molecule has 1 aliphatic heterocycles. The first-order valence-corrected chi connectivity index (χ1v) is 7.05. The van der Waals surface area contributed by atoms with Crippen molar-refractivity contribution in [3.05, 3.63) is 30.3 Å². The van der Waals surface area contributed by atoms with Gasteiger partial charge in [0.15, 0.2) is 0 Å². The second-order valence-corrected chi connectivity index (χ2v) is 5.18. The summed E-state index contributed by atoms with van der Waals surface area (Å²) in [5.41, 5.74) is 6.54. The topological polar surface area (TPSA) is 58.4 Å². The number of amides is 1. The monoisotopic (exact) mass is 261 g/mol. The van der Waals surface area contributed by atoms with E-state index in [0.29, 0.717) is 12.3 Å². The maximum absolute atomic E-state index is 11.8. The second-order valence-electron chi connectivity index (χ2n) is 5.18. The molecule has 0 aromatic heterocycles. The Morgan fingerprint density at radius 2 is 1.95 bits per heavy atom. The fourth-order valence-electron chi connectivity index (χ4n) is 2.45. The van der Waals surface area contributed by atoms with Crippen molar-refractivity contribution >= 4 is 11.6 Å². The van der Waals surface area contributed by atoms with Gasteiger partial charge in [-0.3, -0.25) is 4.79 Å². The van der Waals surface area contributed by atoms with E-state index in [-0.39, 0.29) is 5.91 Å². The van der Waals surface area contributed by atoms with Gasteiger partial charge in [0.1, 0.15) is 0 Å². The number of benzene rings is 1. The molecule has 0 aliphatic carbocycles. The van der Waals surface area contributed by atoms with Crippen LogP contribution in [0.5, 0.6) is 0 Å². The Labute approximate surface area is 115 Å². The summed E-state index contributed by atoms with van der Waals surface area (Å²) in [7, 11) is 0. The lowest BCUT2D eigenvalue weighted by Gasteiger charge is -2.31. The Hall–Kier alpha value is -1.39. The first kappa shape index (κ1) is 14.0. The Morgan fingerprint density at radius 1 is 1.26 bits per heavy atom. The number of rotatable bonds is 5. The van der Waals surface area contributed by atoms with E-state index >= 15 is 0 Å². The average molecular weight is 261 g/mol. The van der Waals surface area contributed by atoms with E-state index in [4.69, 9.17) is 5.73 Å². The van der Waals surface area contributed by atoms with E-state index in [1.807, 2.05) is 30.3 Å². The first-order chi connectivity index (χ1) is 9.28. The molecule has 0 unspecified atom stereocenters. The molecule has 0 bridgehead atoms. The minimum absolute atomic E-state index is 0.0900. The van der Waals surface area contributed by atoms with Crippen molar-refractivity contribution in [2.75, 3.05) is 31.5 Å². The van der Waals surface area contributed by atoms with Crippen LogP contribution in [-0.2, 0) is 4.79 Å². The highest BCUT2D eigenvalue weighted by Gasteiger charge is 2.18. The fraction of sp³-hybridized carbons (Fsp3) is 0.533. The molecular formula is C15H23N3O. The third kappa shape index (κ3) is 4.65. The first-order valence-electron chi connectivity index (χ1n) is 7.05. The lowest BCUT2D eigenvalue weighted by Crippen LogP contribution is -2.37. The summed E-state index contributed by atoms with van der Waals surface area (Å²) in [4.78, 5) is 14.2. The third-order valence-electron chi connectivity index (χ3n) is 3.75. The molecule has 1 heterocycles. The lowest BCUT2D eigenvalue weighted by molar-refractivity contribution is -0.116. The second kappa shape index (κ2) is 7.26. The maximum atomic E-state index is 11.8. The van der Waals surface area contributed by atoms with Crippen LogP contribution in [0.3, 0.4) is 0 Å². The van der Waals surface area contributed by atoms with Crippen molar-refractivity contribution in [2.45, 2.75) is 19.3 Å². The van der Waals surface area contributed by atoms with E-state index in [0.717, 1.165) is 44.7 Å². The molecular weight excluding hydrogens is 238 g/mol. The summed E-state index contributed by atoms with van der Waals surface area (Å²) >= 11 is 0. The van der Waals surface area contributed by atoms with Crippen LogP contribution >= 0.6 is 0 Å². The SMILES string of the molecule is NCC1CCN(CCC(=O)Nc2ccccc2)CC1. The summed E-state index contributed by atoms with van der Waals surface area (Å²) in [5.74, 6) is 0.765. The van der Waals surface area contributed by atoms with Gasteiger partial charge in [0.05, 0.1) is 0 Å². The number of piperidine rings is 1. The molecule has 1 aromatic rings. The number of likely N-dealkylation sites (tertiary alicyclic amines) is 1. The number of nitrogens with one attached hydrogen (secondary N) is 1. The third-order valence-corrected chi connectivity index (χ3v) is 3.75. The van der Waals surface area contributed by atoms with Gasteiger partial charge in [0.25, 0.3) is 0 Å². The van der Waals surface area contributed by atoms with Crippen LogP contribution in [0.2, 0.25) is 0 Å². The zero-order chi connectivity index (χ0) is 13.5. The fourth-order valence-corrected chi connectivity index (χ4v) is 2.45. The van der Waals surface area contributed by atoms with Gasteiger partial charge in [-0.05, 0) is 50.5 Å². The minimum atomic E-state index is 0.0900. The highest BCUT2D eigenvalue weighted by molar-refractivity contribution is 5.90. The molecule has 1 aliphatic rings. The van der Waals surface area contributed by atoms with Crippen LogP contribution < -0.4 is 11.1 Å². The van der Waals surface area contributed by atoms with Crippen LogP contribution in [0, 0.1) is 5.92 Å². The van der Waals surface area contributed by atoms with Crippen molar-refractivity contribution in [3.8, 4) is 0 Å². The van der Waals surface area contributed by atoms with Gasteiger partial charge < -0.3 is 16.0 Å². The van der Waals surface area contributed by atoms with E-state index in [9.17, 15) is 4.79 Å². The summed E-state index contributed by atoms with van der Waals surface area (Å²) in [6, 6.07) is 9.60. The molecule has 1 amide bonds. The van der Waals surface area contributed by atoms with E-state index in [2.05, 4.69) is 10.2 Å². The molecule has 0 saturated carbocycles. The maximum Gasteiger partial charge on any atom is 0.225 e. The van der Waals surface area contributed by atoms with Crippen LogP contribution in [0.1, 0.15) is 19.3 Å². The molecule has 4 nitrogen and oxygen atoms in total. The number of carbonyl (C=O) groups is 1. The Bertz CT molecular complexity index is 386. The highest BCUT2D eigenvalue weighted by Crippen LogP contribution is 2.15. The van der Waals surface area contributed by atoms with Crippen molar-refractivity contribution in [1.29, 1.82) is 0 Å². The van der Waals surface area contributed by atoms with E-state index in [1.54, 1.807) is 0 Å². The number of anilines is 1. The number of para-hydroxylation sites is 1. The number of nitrogens with zero attached hydrogens (tertiary/aromatic N) is 1. The molecule has 19 heavy (non-hydrogen) atoms. The van der Waals surface area contributed by atoms with Gasteiger partial charge in [-0.25, -0.2) is 0 Å². The van der Waals surface area contributed by atoms with Crippen LogP contribution in [0.4, 0.5) is 5.69 Å². The van der Waals surface area contributed by atoms with Crippen molar-refractivity contribution in [3.63, 3.8) is 0 Å². The van der Waals surface area contributed by atoms with Gasteiger partial charge in [0.2, 0.25) is 5.91 Å². The van der Waals surface area contributed by atoms with Gasteiger partial charge in [-0.1, -0.05) is 18.2 Å². The normalized spacial score (nSPS) is 17.3. The Morgan fingerprint density at radius 3 is 2.58 bits per heavy atom. The number of hydrogen-bond acceptors (Lipinski definition) is 3. The molecule has 4 heteroatoms. The number of hydrogen-bond donors (Lipinski definition) is 2. The van der Waals surface area contributed by atoms with Crippen molar-refractivity contribution < 1.29 is 4.79 Å². The quantitative estimate of drug-likeness (QED) is 0.848. The largest absolute Gasteiger partial charge is 0.330 e. The van der Waals surface area contributed by atoms with E-state index in [1.165, 1.54) is 0 Å². The predicted molar refractivity (Wildman–Crippen MR) is 77.9 cm³/mol. The summed E-state index contributed by atoms with van der Waals surface area (Å²) in [6.45, 7) is 3.78. The molecule has 1 fully saturated rings. The summed E-state index contributed by atoms with van der Waals surface area (Å²) < 4.78 is 0. The molecule has 3 N–H and O–H groups in total. The van der Waals surface area contributed by atoms with Gasteiger partial charge >= 0.3 is 0 Å². The van der Waals surface area contributed by atoms with Gasteiger partial charge in [0, 0.05) is 18.7 Å². The highest BCUT2D eigenvalue weighted by atomic mass is 16.1. The van der Waals surface area contributed by atoms with Gasteiger partial charge in [-0.2, -0.15) is 0 Å². The minimum Gasteiger partial charge on any atom is -0.330 e. The van der Waals surface area contributed by atoms with Crippen molar-refractivity contribution in [2.24, 2.45) is 11.7 Å². The van der Waals surface area contributed by atoms with Crippen LogP contribution in [0.25, 0.3) is 0 Å². The molecule has 1 saturated heterocycles. The smallest absolute Gasteiger partial charge is 0.225 e. The molecule has 0 radical (unpaired) electrons. The molecule has 104 valence electrons. The molecule has 1 aromatic carbocycles. The molecule has 2 rings (SSSR count). The molecule has 0 spiro atoms. The lowest BCUT2D eigenvalue weighted by atomic mass is 9.97. The summed E-state index contributed by atoms with van der Waals surface area (Å²) in [5, 5.41) is 2.92. The standard InChI is InChI=1S/C15H23N3O/c16-12-13-6-9-18(10-7-13)11-8-15(19)17-14-4-2-1-3-5-14/h1-5,13H,6-12,16H2,(H,17,19). The van der Waals surface area contributed by atoms with Crippen LogP contribution in [-0.4, -0.2) is 37.0 Å². The zero-order valence-electron chi connectivity index (χ0n) is 11.3. The predicted octanol–water partition coefficient (Wildman–Crippen LogP) is 1.69. The van der Waals surface area contributed by atoms with E-state index < -0.39 is 0 Å². The van der Waals surface area contributed by atoms with Gasteiger partial charge in [-0.15, -0.1) is 0 Å². The molecule has 0 atom stereocenters. The van der Waals surface area contributed by atoms with Crippen LogP contribution in [0.15, 0.2) is 30.3 Å². The summed E-state index contributed by atoms with van der Waals surface area (Å²) in [6.07, 6.45) is 2.88. The number of carbonyl (C=O) groups excluding carboxylic acids is 1. The van der Waals surface area contributed by atoms with Crippen molar-refractivity contribution in [1.82, 2.24) is 4.90 Å². The Kier molecular flexibility index (Phi) is 5.36. The Balaban J connectivity index is 1.67. The average Bonchev–Trinajstić information content (AvgIpc) is 2.47.